The van der Waals surface area contributed by atoms with E-state index in [2.05, 4.69) is 15.3 Å². The lowest BCUT2D eigenvalue weighted by Gasteiger charge is -2.30. The van der Waals surface area contributed by atoms with Gasteiger partial charge in [0.15, 0.2) is 0 Å². The lowest BCUT2D eigenvalue weighted by atomic mass is 10.0. The fourth-order valence-corrected chi connectivity index (χ4v) is 3.37. The molecule has 1 unspecified atom stereocenters. The van der Waals surface area contributed by atoms with Gasteiger partial charge in [-0.15, -0.1) is 0 Å². The van der Waals surface area contributed by atoms with Gasteiger partial charge >= 0.3 is 0 Å². The van der Waals surface area contributed by atoms with Crippen LogP contribution >= 0.6 is 0 Å². The van der Waals surface area contributed by atoms with Gasteiger partial charge < -0.3 is 15.0 Å². The Morgan fingerprint density at radius 3 is 2.85 bits per heavy atom. The van der Waals surface area contributed by atoms with Crippen LogP contribution in [-0.4, -0.2) is 60.0 Å². The Morgan fingerprint density at radius 1 is 1.37 bits per heavy atom. The smallest absolute Gasteiger partial charge is 0.275 e. The molecule has 1 aliphatic heterocycles. The number of aromatic nitrogens is 2. The third-order valence-electron chi connectivity index (χ3n) is 4.85. The molecule has 1 N–H and O–H groups in total. The number of carbonyl (C=O) groups is 1. The van der Waals surface area contributed by atoms with Gasteiger partial charge in [-0.3, -0.25) is 9.59 Å². The monoisotopic (exact) mass is 372 g/mol. The fourth-order valence-electron chi connectivity index (χ4n) is 3.37. The molecule has 1 aromatic heterocycles. The molecule has 0 radical (unpaired) electrons. The first-order valence-electron chi connectivity index (χ1n) is 9.43. The predicted octanol–water partition coefficient (Wildman–Crippen LogP) is 1.28. The van der Waals surface area contributed by atoms with Crippen molar-refractivity contribution >= 4 is 16.7 Å². The third kappa shape index (κ3) is 4.54. The van der Waals surface area contributed by atoms with Crippen LogP contribution < -0.4 is 10.9 Å². The fraction of sp³-hybridized carbons (Fsp3) is 0.550. The number of hydrogen-bond donors (Lipinski definition) is 1. The maximum atomic E-state index is 12.8. The molecule has 2 heterocycles. The SMILES string of the molecule is Cc1ccc2c(=O)n(CC(=O)NCC3CN(C)CCO3)nc(C(C)C)c2c1. The van der Waals surface area contributed by atoms with E-state index >= 15 is 0 Å². The Morgan fingerprint density at radius 2 is 2.15 bits per heavy atom. The van der Waals surface area contributed by atoms with Crippen LogP contribution in [-0.2, 0) is 16.1 Å². The number of morpholine rings is 1. The molecule has 1 aliphatic rings. The van der Waals surface area contributed by atoms with Gasteiger partial charge in [0.25, 0.3) is 5.56 Å². The summed E-state index contributed by atoms with van der Waals surface area (Å²) >= 11 is 0. The minimum Gasteiger partial charge on any atom is -0.374 e. The molecule has 1 atom stereocenters. The molecular weight excluding hydrogens is 344 g/mol. The molecule has 1 fully saturated rings. The Hall–Kier alpha value is -2.25. The molecule has 7 heteroatoms. The Balaban J connectivity index is 1.78. The lowest BCUT2D eigenvalue weighted by Crippen LogP contribution is -2.46. The summed E-state index contributed by atoms with van der Waals surface area (Å²) in [6, 6.07) is 5.72. The summed E-state index contributed by atoms with van der Waals surface area (Å²) in [6.07, 6.45) is -0.0248. The highest BCUT2D eigenvalue weighted by molar-refractivity contribution is 5.85. The number of nitrogens with zero attached hydrogens (tertiary/aromatic N) is 3. The summed E-state index contributed by atoms with van der Waals surface area (Å²) in [6.45, 7) is 8.76. The average molecular weight is 372 g/mol. The van der Waals surface area contributed by atoms with Crippen molar-refractivity contribution in [3.63, 3.8) is 0 Å². The van der Waals surface area contributed by atoms with Crippen LogP contribution in [0.1, 0.15) is 31.0 Å². The van der Waals surface area contributed by atoms with Crippen LogP contribution in [0.5, 0.6) is 0 Å². The van der Waals surface area contributed by atoms with Crippen molar-refractivity contribution in [1.82, 2.24) is 20.0 Å². The van der Waals surface area contributed by atoms with E-state index in [9.17, 15) is 9.59 Å². The van der Waals surface area contributed by atoms with E-state index in [0.29, 0.717) is 18.5 Å². The number of nitrogens with one attached hydrogen (secondary N) is 1. The van der Waals surface area contributed by atoms with Crippen LogP contribution in [0.25, 0.3) is 10.8 Å². The first kappa shape index (κ1) is 19.5. The second-order valence-corrected chi connectivity index (χ2v) is 7.61. The number of ether oxygens (including phenoxy) is 1. The Bertz CT molecular complexity index is 891. The molecule has 1 saturated heterocycles. The number of fused-ring (bicyclic) bond motifs is 1. The second-order valence-electron chi connectivity index (χ2n) is 7.61. The van der Waals surface area contributed by atoms with Gasteiger partial charge in [0.2, 0.25) is 5.91 Å². The summed E-state index contributed by atoms with van der Waals surface area (Å²) in [5.41, 5.74) is 1.68. The molecule has 7 nitrogen and oxygen atoms in total. The van der Waals surface area contributed by atoms with Crippen molar-refractivity contribution in [3.05, 3.63) is 39.8 Å². The van der Waals surface area contributed by atoms with Crippen molar-refractivity contribution in [2.24, 2.45) is 0 Å². The molecule has 0 aliphatic carbocycles. The third-order valence-corrected chi connectivity index (χ3v) is 4.85. The molecule has 0 saturated carbocycles. The number of rotatable bonds is 5. The first-order valence-corrected chi connectivity index (χ1v) is 9.43. The van der Waals surface area contributed by atoms with Crippen LogP contribution in [0.4, 0.5) is 0 Å². The minimum atomic E-state index is -0.238. The number of benzene rings is 1. The van der Waals surface area contributed by atoms with Crippen molar-refractivity contribution in [3.8, 4) is 0 Å². The largest absolute Gasteiger partial charge is 0.374 e. The molecule has 0 spiro atoms. The van der Waals surface area contributed by atoms with Crippen molar-refractivity contribution in [2.75, 3.05) is 33.3 Å². The molecule has 27 heavy (non-hydrogen) atoms. The zero-order chi connectivity index (χ0) is 19.6. The minimum absolute atomic E-state index is 0.0248. The Labute approximate surface area is 159 Å². The summed E-state index contributed by atoms with van der Waals surface area (Å²) < 4.78 is 6.93. The maximum absolute atomic E-state index is 12.8. The lowest BCUT2D eigenvalue weighted by molar-refractivity contribution is -0.123. The topological polar surface area (TPSA) is 76.5 Å². The van der Waals surface area contributed by atoms with Gasteiger partial charge in [0.1, 0.15) is 6.54 Å². The highest BCUT2D eigenvalue weighted by Crippen LogP contribution is 2.22. The zero-order valence-corrected chi connectivity index (χ0v) is 16.5. The molecule has 146 valence electrons. The highest BCUT2D eigenvalue weighted by Gasteiger charge is 2.19. The summed E-state index contributed by atoms with van der Waals surface area (Å²) in [5, 5.41) is 8.82. The summed E-state index contributed by atoms with van der Waals surface area (Å²) in [5.74, 6) is -0.0852. The molecule has 1 amide bonds. The molecule has 0 bridgehead atoms. The van der Waals surface area contributed by atoms with Gasteiger partial charge in [-0.05, 0) is 32.0 Å². The van der Waals surface area contributed by atoms with Crippen LogP contribution in [0.2, 0.25) is 0 Å². The number of carbonyl (C=O) groups excluding carboxylic acids is 1. The number of amides is 1. The second kappa shape index (κ2) is 8.19. The summed E-state index contributed by atoms with van der Waals surface area (Å²) in [7, 11) is 2.03. The van der Waals surface area contributed by atoms with Crippen molar-refractivity contribution in [2.45, 2.75) is 39.3 Å². The molecule has 3 rings (SSSR count). The van der Waals surface area contributed by atoms with Crippen molar-refractivity contribution in [1.29, 1.82) is 0 Å². The van der Waals surface area contributed by atoms with Gasteiger partial charge in [0.05, 0.1) is 23.8 Å². The summed E-state index contributed by atoms with van der Waals surface area (Å²) in [4.78, 5) is 27.3. The van der Waals surface area contributed by atoms with E-state index in [-0.39, 0.29) is 30.0 Å². The standard InChI is InChI=1S/C20H28N4O3/c1-13(2)19-17-9-14(3)5-6-16(17)20(26)24(22-19)12-18(25)21-10-15-11-23(4)7-8-27-15/h5-6,9,13,15H,7-8,10-12H2,1-4H3,(H,21,25). The van der Waals surface area contributed by atoms with Crippen molar-refractivity contribution < 1.29 is 9.53 Å². The van der Waals surface area contributed by atoms with E-state index in [4.69, 9.17) is 4.74 Å². The van der Waals surface area contributed by atoms with Gasteiger partial charge in [-0.1, -0.05) is 25.5 Å². The average Bonchev–Trinajstić information content (AvgIpc) is 2.62. The van der Waals surface area contributed by atoms with Gasteiger partial charge in [-0.2, -0.15) is 5.10 Å². The predicted molar refractivity (Wildman–Crippen MR) is 105 cm³/mol. The van der Waals surface area contributed by atoms with Crippen LogP contribution in [0.3, 0.4) is 0 Å². The van der Waals surface area contributed by atoms with Crippen LogP contribution in [0, 0.1) is 6.92 Å². The van der Waals surface area contributed by atoms with Gasteiger partial charge in [-0.25, -0.2) is 4.68 Å². The molecular formula is C20H28N4O3. The number of aryl methyl sites for hydroxylation is 1. The van der Waals surface area contributed by atoms with Gasteiger partial charge in [0, 0.05) is 25.0 Å². The Kier molecular flexibility index (Phi) is 5.92. The van der Waals surface area contributed by atoms with E-state index in [0.717, 1.165) is 29.7 Å². The zero-order valence-electron chi connectivity index (χ0n) is 16.5. The van der Waals surface area contributed by atoms with Crippen LogP contribution in [0.15, 0.2) is 23.0 Å². The van der Waals surface area contributed by atoms with E-state index in [1.807, 2.05) is 46.0 Å². The highest BCUT2D eigenvalue weighted by atomic mass is 16.5. The van der Waals surface area contributed by atoms with E-state index < -0.39 is 0 Å². The first-order chi connectivity index (χ1) is 12.8. The molecule has 2 aromatic rings. The van der Waals surface area contributed by atoms with E-state index in [1.165, 1.54) is 4.68 Å². The quantitative estimate of drug-likeness (QED) is 0.856. The van der Waals surface area contributed by atoms with E-state index in [1.54, 1.807) is 0 Å². The molecule has 1 aromatic carbocycles. The normalized spacial score (nSPS) is 18.2. The number of hydrogen-bond acceptors (Lipinski definition) is 5. The number of likely N-dealkylation sites (N-methyl/N-ethyl adjacent to an activating group) is 1. The maximum Gasteiger partial charge on any atom is 0.275 e.